The summed E-state index contributed by atoms with van der Waals surface area (Å²) >= 11 is 0. The van der Waals surface area contributed by atoms with Gasteiger partial charge in [0.05, 0.1) is 0 Å². The van der Waals surface area contributed by atoms with Crippen LogP contribution in [0.2, 0.25) is 0 Å². The summed E-state index contributed by atoms with van der Waals surface area (Å²) in [5.74, 6) is 0.0596. The van der Waals surface area contributed by atoms with Crippen molar-refractivity contribution in [3.8, 4) is 0 Å². The predicted octanol–water partition coefficient (Wildman–Crippen LogP) is 1.38. The molecular formula is C7H13NO2. The van der Waals surface area contributed by atoms with E-state index in [0.29, 0.717) is 18.6 Å². The van der Waals surface area contributed by atoms with E-state index in [9.17, 15) is 4.79 Å². The second-order valence-corrected chi connectivity index (χ2v) is 1.85. The largest absolute Gasteiger partial charge is 0.399 e. The average molecular weight is 143 g/mol. The molecule has 0 aliphatic carbocycles. The van der Waals surface area contributed by atoms with Crippen LogP contribution in [0.4, 0.5) is 0 Å². The van der Waals surface area contributed by atoms with E-state index < -0.39 is 0 Å². The van der Waals surface area contributed by atoms with Crippen LogP contribution in [0.1, 0.15) is 26.7 Å². The van der Waals surface area contributed by atoms with E-state index in [1.165, 1.54) is 7.11 Å². The van der Waals surface area contributed by atoms with Crippen LogP contribution in [0.5, 0.6) is 0 Å². The summed E-state index contributed by atoms with van der Waals surface area (Å²) in [5, 5.41) is 3.58. The summed E-state index contributed by atoms with van der Waals surface area (Å²) in [5.41, 5.74) is 0.519. The molecule has 0 N–H and O–H groups in total. The number of hydrogen-bond acceptors (Lipinski definition) is 3. The standard InChI is InChI=1S/C7H13NO2/c1-4-6(8-10-3)7(9)5-2/h4-5H2,1-3H3. The molecule has 0 aliphatic rings. The van der Waals surface area contributed by atoms with Gasteiger partial charge in [0, 0.05) is 6.42 Å². The lowest BCUT2D eigenvalue weighted by atomic mass is 10.1. The molecule has 0 aromatic heterocycles. The van der Waals surface area contributed by atoms with Crippen molar-refractivity contribution in [2.24, 2.45) is 5.16 Å². The average Bonchev–Trinajstić information content (AvgIpc) is 1.99. The quantitative estimate of drug-likeness (QED) is 0.440. The molecule has 0 amide bonds. The zero-order valence-electron chi connectivity index (χ0n) is 6.68. The summed E-state index contributed by atoms with van der Waals surface area (Å²) in [7, 11) is 1.44. The summed E-state index contributed by atoms with van der Waals surface area (Å²) in [4.78, 5) is 15.4. The molecular weight excluding hydrogens is 130 g/mol. The van der Waals surface area contributed by atoms with Crippen LogP contribution in [0.15, 0.2) is 5.16 Å². The Bertz CT molecular complexity index is 141. The molecule has 0 aromatic rings. The number of ketones is 1. The zero-order chi connectivity index (χ0) is 7.98. The molecule has 0 bridgehead atoms. The first-order valence-electron chi connectivity index (χ1n) is 3.39. The van der Waals surface area contributed by atoms with Crippen molar-refractivity contribution in [1.82, 2.24) is 0 Å². The van der Waals surface area contributed by atoms with Gasteiger partial charge in [0.1, 0.15) is 12.8 Å². The smallest absolute Gasteiger partial charge is 0.180 e. The van der Waals surface area contributed by atoms with Crippen LogP contribution in [0, 0.1) is 0 Å². The number of carbonyl (C=O) groups excluding carboxylic acids is 1. The van der Waals surface area contributed by atoms with E-state index in [2.05, 4.69) is 9.99 Å². The van der Waals surface area contributed by atoms with Gasteiger partial charge in [-0.3, -0.25) is 4.79 Å². The number of rotatable bonds is 4. The van der Waals surface area contributed by atoms with Crippen molar-refractivity contribution >= 4 is 11.5 Å². The maximum Gasteiger partial charge on any atom is 0.180 e. The fraction of sp³-hybridized carbons (Fsp3) is 0.714. The van der Waals surface area contributed by atoms with Crippen molar-refractivity contribution < 1.29 is 9.63 Å². The zero-order valence-corrected chi connectivity index (χ0v) is 6.68. The third-order valence-electron chi connectivity index (χ3n) is 1.18. The fourth-order valence-corrected chi connectivity index (χ4v) is 0.627. The predicted molar refractivity (Wildman–Crippen MR) is 40.0 cm³/mol. The first kappa shape index (κ1) is 9.14. The highest BCUT2D eigenvalue weighted by Crippen LogP contribution is 1.92. The van der Waals surface area contributed by atoms with E-state index in [-0.39, 0.29) is 5.78 Å². The summed E-state index contributed by atoms with van der Waals surface area (Å²) in [6.45, 7) is 3.69. The highest BCUT2D eigenvalue weighted by Gasteiger charge is 2.05. The summed E-state index contributed by atoms with van der Waals surface area (Å²) in [6, 6.07) is 0. The fourth-order valence-electron chi connectivity index (χ4n) is 0.627. The van der Waals surface area contributed by atoms with Crippen molar-refractivity contribution in [1.29, 1.82) is 0 Å². The van der Waals surface area contributed by atoms with Crippen LogP contribution in [0.25, 0.3) is 0 Å². The maximum absolute atomic E-state index is 10.9. The number of Topliss-reactive ketones (excluding diaryl/α,β-unsaturated/α-hetero) is 1. The molecule has 0 fully saturated rings. The number of oxime groups is 1. The number of nitrogens with zero attached hydrogens (tertiary/aromatic N) is 1. The molecule has 0 unspecified atom stereocenters. The Hall–Kier alpha value is -0.860. The van der Waals surface area contributed by atoms with Crippen LogP contribution in [0.3, 0.4) is 0 Å². The molecule has 3 nitrogen and oxygen atoms in total. The van der Waals surface area contributed by atoms with Gasteiger partial charge in [0.25, 0.3) is 0 Å². The molecule has 3 heteroatoms. The molecule has 0 atom stereocenters. The van der Waals surface area contributed by atoms with E-state index in [0.717, 1.165) is 0 Å². The lowest BCUT2D eigenvalue weighted by molar-refractivity contribution is -0.112. The van der Waals surface area contributed by atoms with Gasteiger partial charge in [-0.1, -0.05) is 19.0 Å². The molecule has 0 saturated heterocycles. The molecule has 0 heterocycles. The lowest BCUT2D eigenvalue weighted by Gasteiger charge is -1.96. The Morgan fingerprint density at radius 3 is 2.30 bits per heavy atom. The van der Waals surface area contributed by atoms with E-state index >= 15 is 0 Å². The normalized spacial score (nSPS) is 11.3. The Morgan fingerprint density at radius 1 is 1.40 bits per heavy atom. The van der Waals surface area contributed by atoms with Crippen LogP contribution < -0.4 is 0 Å². The molecule has 0 saturated carbocycles. The van der Waals surface area contributed by atoms with Crippen molar-refractivity contribution in [2.45, 2.75) is 26.7 Å². The Balaban J connectivity index is 4.06. The minimum Gasteiger partial charge on any atom is -0.399 e. The first-order valence-corrected chi connectivity index (χ1v) is 3.39. The number of hydrogen-bond donors (Lipinski definition) is 0. The van der Waals surface area contributed by atoms with E-state index in [4.69, 9.17) is 0 Å². The summed E-state index contributed by atoms with van der Waals surface area (Å²) in [6.07, 6.45) is 1.14. The molecule has 10 heavy (non-hydrogen) atoms. The second kappa shape index (κ2) is 4.97. The summed E-state index contributed by atoms with van der Waals surface area (Å²) < 4.78 is 0. The molecule has 0 radical (unpaired) electrons. The van der Waals surface area contributed by atoms with Crippen molar-refractivity contribution in [3.05, 3.63) is 0 Å². The highest BCUT2D eigenvalue weighted by molar-refractivity contribution is 6.39. The van der Waals surface area contributed by atoms with Crippen molar-refractivity contribution in [3.63, 3.8) is 0 Å². The highest BCUT2D eigenvalue weighted by atomic mass is 16.6. The van der Waals surface area contributed by atoms with Gasteiger partial charge in [0.15, 0.2) is 5.78 Å². The third kappa shape index (κ3) is 2.62. The Labute approximate surface area is 61.1 Å². The van der Waals surface area contributed by atoms with Gasteiger partial charge in [-0.05, 0) is 6.42 Å². The van der Waals surface area contributed by atoms with Crippen LogP contribution >= 0.6 is 0 Å². The van der Waals surface area contributed by atoms with E-state index in [1.54, 1.807) is 0 Å². The van der Waals surface area contributed by atoms with Gasteiger partial charge in [-0.15, -0.1) is 0 Å². The molecule has 0 spiro atoms. The first-order chi connectivity index (χ1) is 4.76. The monoisotopic (exact) mass is 143 g/mol. The van der Waals surface area contributed by atoms with Gasteiger partial charge < -0.3 is 4.84 Å². The molecule has 58 valence electrons. The third-order valence-corrected chi connectivity index (χ3v) is 1.18. The van der Waals surface area contributed by atoms with Crippen molar-refractivity contribution in [2.75, 3.05) is 7.11 Å². The minimum atomic E-state index is 0.0596. The van der Waals surface area contributed by atoms with Crippen LogP contribution in [-0.2, 0) is 9.63 Å². The van der Waals surface area contributed by atoms with Gasteiger partial charge >= 0.3 is 0 Å². The molecule has 0 aromatic carbocycles. The van der Waals surface area contributed by atoms with Gasteiger partial charge in [0.2, 0.25) is 0 Å². The Morgan fingerprint density at radius 2 is 2.00 bits per heavy atom. The van der Waals surface area contributed by atoms with Crippen LogP contribution in [-0.4, -0.2) is 18.6 Å². The van der Waals surface area contributed by atoms with Gasteiger partial charge in [-0.2, -0.15) is 0 Å². The van der Waals surface area contributed by atoms with Gasteiger partial charge in [-0.25, -0.2) is 0 Å². The van der Waals surface area contributed by atoms with E-state index in [1.807, 2.05) is 13.8 Å². The maximum atomic E-state index is 10.9. The lowest BCUT2D eigenvalue weighted by Crippen LogP contribution is -2.11. The molecule has 0 rings (SSSR count). The second-order valence-electron chi connectivity index (χ2n) is 1.85. The number of carbonyl (C=O) groups is 1. The minimum absolute atomic E-state index is 0.0596. The Kier molecular flexibility index (Phi) is 4.54. The topological polar surface area (TPSA) is 38.7 Å². The SMILES string of the molecule is CCC(=O)C(CC)=NOC. The molecule has 0 aliphatic heterocycles.